The first-order chi connectivity index (χ1) is 18.5. The maximum Gasteiger partial charge on any atom is 0.257 e. The molecule has 2 aromatic heterocycles. The molecule has 0 saturated heterocycles. The number of benzene rings is 2. The number of amides is 1. The molecule has 4 aromatic rings. The Labute approximate surface area is 226 Å². The van der Waals surface area contributed by atoms with Gasteiger partial charge in [0.2, 0.25) is 0 Å². The zero-order chi connectivity index (χ0) is 26.5. The average molecular weight is 527 g/mol. The molecule has 1 atom stereocenters. The van der Waals surface area contributed by atoms with E-state index in [9.17, 15) is 4.79 Å². The number of nitrogens with one attached hydrogen (secondary N) is 1. The summed E-state index contributed by atoms with van der Waals surface area (Å²) in [6.45, 7) is 2.17. The van der Waals surface area contributed by atoms with Crippen LogP contribution in [0, 0.1) is 11.3 Å². The number of anilines is 1. The number of ether oxygens (including phenoxy) is 1. The highest BCUT2D eigenvalue weighted by Gasteiger charge is 2.25. The molecule has 1 aliphatic rings. The monoisotopic (exact) mass is 526 g/mol. The zero-order valence-corrected chi connectivity index (χ0v) is 22.4. The number of hydrogen-bond donors (Lipinski definition) is 1. The Bertz CT molecular complexity index is 1450. The van der Waals surface area contributed by atoms with Crippen LogP contribution in [-0.2, 0) is 24.1 Å². The van der Waals surface area contributed by atoms with Gasteiger partial charge in [-0.3, -0.25) is 14.8 Å². The molecule has 2 aromatic carbocycles. The highest BCUT2D eigenvalue weighted by molar-refractivity contribution is 7.15. The molecule has 194 valence electrons. The van der Waals surface area contributed by atoms with Gasteiger partial charge in [-0.2, -0.15) is 10.4 Å². The second kappa shape index (κ2) is 11.7. The van der Waals surface area contributed by atoms with E-state index in [1.165, 1.54) is 4.88 Å². The van der Waals surface area contributed by atoms with Crippen molar-refractivity contribution in [1.82, 2.24) is 19.7 Å². The number of likely N-dealkylation sites (N-methyl/N-ethyl adjacent to an activating group) is 1. The molecule has 0 saturated carbocycles. The summed E-state index contributed by atoms with van der Waals surface area (Å²) in [6, 6.07) is 17.6. The van der Waals surface area contributed by atoms with E-state index in [1.54, 1.807) is 30.6 Å². The van der Waals surface area contributed by atoms with Crippen LogP contribution in [-0.4, -0.2) is 58.9 Å². The molecule has 0 fully saturated rings. The minimum Gasteiger partial charge on any atom is -0.383 e. The van der Waals surface area contributed by atoms with E-state index in [4.69, 9.17) is 15.0 Å². The molecule has 1 aliphatic carbocycles. The number of nitriles is 1. The van der Waals surface area contributed by atoms with Gasteiger partial charge in [-0.25, -0.2) is 4.98 Å². The van der Waals surface area contributed by atoms with Gasteiger partial charge < -0.3 is 9.64 Å². The molecule has 1 amide bonds. The summed E-state index contributed by atoms with van der Waals surface area (Å²) in [4.78, 5) is 21.4. The van der Waals surface area contributed by atoms with Gasteiger partial charge in [0.25, 0.3) is 5.91 Å². The first-order valence-electron chi connectivity index (χ1n) is 12.6. The van der Waals surface area contributed by atoms with Crippen LogP contribution in [0.2, 0.25) is 0 Å². The molecule has 0 bridgehead atoms. The van der Waals surface area contributed by atoms with Crippen molar-refractivity contribution in [2.75, 3.05) is 32.6 Å². The fourth-order valence-corrected chi connectivity index (χ4v) is 5.78. The Kier molecular flexibility index (Phi) is 7.94. The van der Waals surface area contributed by atoms with Crippen LogP contribution in [0.15, 0.2) is 60.9 Å². The van der Waals surface area contributed by atoms with Crippen molar-refractivity contribution < 1.29 is 9.53 Å². The molecule has 38 heavy (non-hydrogen) atoms. The van der Waals surface area contributed by atoms with E-state index >= 15 is 0 Å². The lowest BCUT2D eigenvalue weighted by Crippen LogP contribution is -2.38. The summed E-state index contributed by atoms with van der Waals surface area (Å²) in [6.07, 6.45) is 6.71. The van der Waals surface area contributed by atoms with E-state index in [-0.39, 0.29) is 5.91 Å². The molecule has 8 nitrogen and oxygen atoms in total. The standard InChI is InChI=1S/C29H30N6O2S/c1-34(12-13-37-2)25-10-11-26-27(15-25)38-29(32-26)33-28(36)23-5-3-4-21(14-23)18-35-19-24(17-31-35)22-8-6-20(16-30)7-9-22/h3-9,14,17,19,25H,10-13,15,18H2,1-2H3,(H,32,33,36). The van der Waals surface area contributed by atoms with Crippen LogP contribution in [0.1, 0.15) is 38.5 Å². The smallest absolute Gasteiger partial charge is 0.257 e. The van der Waals surface area contributed by atoms with Gasteiger partial charge >= 0.3 is 0 Å². The summed E-state index contributed by atoms with van der Waals surface area (Å²) < 4.78 is 7.06. The summed E-state index contributed by atoms with van der Waals surface area (Å²) in [5.74, 6) is -0.162. The number of rotatable bonds is 9. The third-order valence-corrected chi connectivity index (χ3v) is 7.96. The lowest BCUT2D eigenvalue weighted by atomic mass is 9.96. The van der Waals surface area contributed by atoms with Gasteiger partial charge in [0.05, 0.1) is 36.7 Å². The van der Waals surface area contributed by atoms with Gasteiger partial charge in [0.1, 0.15) is 0 Å². The highest BCUT2D eigenvalue weighted by Crippen LogP contribution is 2.31. The predicted octanol–water partition coefficient (Wildman–Crippen LogP) is 4.61. The Morgan fingerprint density at radius 2 is 2.11 bits per heavy atom. The van der Waals surface area contributed by atoms with Gasteiger partial charge in [-0.05, 0) is 61.7 Å². The summed E-state index contributed by atoms with van der Waals surface area (Å²) in [5, 5.41) is 17.1. The van der Waals surface area contributed by atoms with Gasteiger partial charge in [-0.1, -0.05) is 24.3 Å². The van der Waals surface area contributed by atoms with E-state index < -0.39 is 0 Å². The first-order valence-corrected chi connectivity index (χ1v) is 13.4. The number of carbonyl (C=O) groups excluding carboxylic acids is 1. The Hall–Kier alpha value is -3.84. The normalized spacial score (nSPS) is 14.7. The number of aryl methyl sites for hydroxylation is 1. The first kappa shape index (κ1) is 25.8. The lowest BCUT2D eigenvalue weighted by molar-refractivity contribution is 0.102. The molecule has 2 heterocycles. The number of carbonyl (C=O) groups is 1. The third-order valence-electron chi connectivity index (χ3n) is 6.92. The van der Waals surface area contributed by atoms with Crippen molar-refractivity contribution in [1.29, 1.82) is 5.26 Å². The Morgan fingerprint density at radius 3 is 2.89 bits per heavy atom. The molecule has 1 N–H and O–H groups in total. The average Bonchev–Trinajstić information content (AvgIpc) is 3.58. The number of methoxy groups -OCH3 is 1. The van der Waals surface area contributed by atoms with Crippen molar-refractivity contribution in [3.05, 3.63) is 88.2 Å². The minimum atomic E-state index is -0.162. The summed E-state index contributed by atoms with van der Waals surface area (Å²) in [7, 11) is 3.87. The van der Waals surface area contributed by atoms with Crippen molar-refractivity contribution in [2.45, 2.75) is 31.8 Å². The van der Waals surface area contributed by atoms with E-state index in [2.05, 4.69) is 28.4 Å². The summed E-state index contributed by atoms with van der Waals surface area (Å²) >= 11 is 1.58. The van der Waals surface area contributed by atoms with E-state index in [1.807, 2.05) is 53.5 Å². The lowest BCUT2D eigenvalue weighted by Gasteiger charge is -2.30. The van der Waals surface area contributed by atoms with Crippen LogP contribution < -0.4 is 5.32 Å². The maximum absolute atomic E-state index is 13.1. The van der Waals surface area contributed by atoms with Gasteiger partial charge in [0.15, 0.2) is 5.13 Å². The van der Waals surface area contributed by atoms with Crippen LogP contribution >= 0.6 is 11.3 Å². The van der Waals surface area contributed by atoms with Crippen molar-refractivity contribution >= 4 is 22.4 Å². The second-order valence-corrected chi connectivity index (χ2v) is 10.6. The fourth-order valence-electron chi connectivity index (χ4n) is 4.71. The topological polar surface area (TPSA) is 96.1 Å². The predicted molar refractivity (Wildman–Crippen MR) is 148 cm³/mol. The number of aromatic nitrogens is 3. The number of thiazole rings is 1. The van der Waals surface area contributed by atoms with Gasteiger partial charge in [0, 0.05) is 41.9 Å². The minimum absolute atomic E-state index is 0.162. The summed E-state index contributed by atoms with van der Waals surface area (Å²) in [5.41, 5.74) is 5.28. The van der Waals surface area contributed by atoms with Gasteiger partial charge in [-0.15, -0.1) is 11.3 Å². The van der Waals surface area contributed by atoms with Crippen LogP contribution in [0.5, 0.6) is 0 Å². The molecular weight excluding hydrogens is 496 g/mol. The second-order valence-electron chi connectivity index (χ2n) is 9.53. The highest BCUT2D eigenvalue weighted by atomic mass is 32.1. The van der Waals surface area contributed by atoms with Crippen LogP contribution in [0.3, 0.4) is 0 Å². The molecular formula is C29H30N6O2S. The molecule has 9 heteroatoms. The largest absolute Gasteiger partial charge is 0.383 e. The van der Waals surface area contributed by atoms with Crippen LogP contribution in [0.4, 0.5) is 5.13 Å². The van der Waals surface area contributed by atoms with Crippen molar-refractivity contribution in [2.24, 2.45) is 0 Å². The SMILES string of the molecule is COCCN(C)C1CCc2nc(NC(=O)c3cccc(Cn4cc(-c5ccc(C#N)cc5)cn4)c3)sc2C1. The van der Waals surface area contributed by atoms with E-state index in [0.717, 1.165) is 54.8 Å². The number of nitrogens with zero attached hydrogens (tertiary/aromatic N) is 5. The molecule has 5 rings (SSSR count). The number of hydrogen-bond acceptors (Lipinski definition) is 7. The molecule has 0 spiro atoms. The molecule has 0 radical (unpaired) electrons. The van der Waals surface area contributed by atoms with E-state index in [0.29, 0.717) is 28.8 Å². The van der Waals surface area contributed by atoms with Crippen LogP contribution in [0.25, 0.3) is 11.1 Å². The molecule has 0 aliphatic heterocycles. The fraction of sp³-hybridized carbons (Fsp3) is 0.310. The Morgan fingerprint density at radius 1 is 1.26 bits per heavy atom. The molecule has 1 unspecified atom stereocenters. The van der Waals surface area contributed by atoms with Crippen molar-refractivity contribution in [3.63, 3.8) is 0 Å². The maximum atomic E-state index is 13.1. The Balaban J connectivity index is 1.22. The van der Waals surface area contributed by atoms with Crippen molar-refractivity contribution in [3.8, 4) is 17.2 Å². The quantitative estimate of drug-likeness (QED) is 0.342. The third kappa shape index (κ3) is 6.00. The number of fused-ring (bicyclic) bond motifs is 1. The zero-order valence-electron chi connectivity index (χ0n) is 21.6.